The summed E-state index contributed by atoms with van der Waals surface area (Å²) < 4.78 is 4.82. The summed E-state index contributed by atoms with van der Waals surface area (Å²) in [5.74, 6) is -0.337. The summed E-state index contributed by atoms with van der Waals surface area (Å²) in [6.07, 6.45) is 3.42. The number of aliphatic hydroxyl groups excluding tert-OH is 2. The van der Waals surface area contributed by atoms with Crippen molar-refractivity contribution in [2.45, 2.75) is 51.2 Å². The van der Waals surface area contributed by atoms with Crippen LogP contribution in [-0.4, -0.2) is 59.5 Å². The van der Waals surface area contributed by atoms with Gasteiger partial charge in [-0.3, -0.25) is 9.69 Å². The summed E-state index contributed by atoms with van der Waals surface area (Å²) >= 11 is 0. The number of aliphatic hydroxyl groups is 2. The molecule has 1 fully saturated rings. The third-order valence-corrected chi connectivity index (χ3v) is 3.35. The van der Waals surface area contributed by atoms with Crippen LogP contribution in [0.15, 0.2) is 0 Å². The number of β-amino-alcohol motifs (C(OH)–C–C–N with tert-alkyl or cyclic N) is 1. The van der Waals surface area contributed by atoms with Crippen molar-refractivity contribution in [2.75, 3.05) is 26.3 Å². The van der Waals surface area contributed by atoms with Gasteiger partial charge in [0.05, 0.1) is 19.1 Å². The predicted molar refractivity (Wildman–Crippen MR) is 68.2 cm³/mol. The minimum Gasteiger partial charge on any atom is -0.466 e. The maximum Gasteiger partial charge on any atom is 0.308 e. The summed E-state index contributed by atoms with van der Waals surface area (Å²) in [7, 11) is 0. The van der Waals surface area contributed by atoms with E-state index < -0.39 is 6.10 Å². The molecule has 106 valence electrons. The smallest absolute Gasteiger partial charge is 0.308 e. The first-order valence-corrected chi connectivity index (χ1v) is 6.86. The van der Waals surface area contributed by atoms with Gasteiger partial charge in [-0.1, -0.05) is 0 Å². The molecule has 0 radical (unpaired) electrons. The van der Waals surface area contributed by atoms with E-state index in [1.54, 1.807) is 6.92 Å². The van der Waals surface area contributed by atoms with Gasteiger partial charge in [-0.15, -0.1) is 0 Å². The Morgan fingerprint density at radius 3 is 3.00 bits per heavy atom. The van der Waals surface area contributed by atoms with Crippen molar-refractivity contribution in [3.63, 3.8) is 0 Å². The van der Waals surface area contributed by atoms with Crippen LogP contribution in [0.2, 0.25) is 0 Å². The molecular weight excluding hydrogens is 234 g/mol. The number of hydrogen-bond donors (Lipinski definition) is 2. The van der Waals surface area contributed by atoms with Crippen molar-refractivity contribution in [2.24, 2.45) is 0 Å². The van der Waals surface area contributed by atoms with E-state index in [0.717, 1.165) is 32.2 Å². The van der Waals surface area contributed by atoms with E-state index in [0.29, 0.717) is 19.2 Å². The van der Waals surface area contributed by atoms with Gasteiger partial charge in [-0.05, 0) is 39.2 Å². The van der Waals surface area contributed by atoms with E-state index >= 15 is 0 Å². The zero-order valence-corrected chi connectivity index (χ0v) is 11.2. The van der Waals surface area contributed by atoms with Gasteiger partial charge in [0, 0.05) is 19.2 Å². The Bertz CT molecular complexity index is 247. The van der Waals surface area contributed by atoms with Crippen LogP contribution in [0.3, 0.4) is 0 Å². The second kappa shape index (κ2) is 8.45. The largest absolute Gasteiger partial charge is 0.466 e. The molecule has 18 heavy (non-hydrogen) atoms. The quantitative estimate of drug-likeness (QED) is 0.623. The normalized spacial score (nSPS) is 22.1. The first-order valence-electron chi connectivity index (χ1n) is 6.86. The number of hydrogen-bond acceptors (Lipinski definition) is 5. The fourth-order valence-electron chi connectivity index (χ4n) is 2.54. The number of rotatable bonds is 8. The van der Waals surface area contributed by atoms with Gasteiger partial charge >= 0.3 is 5.97 Å². The van der Waals surface area contributed by atoms with E-state index in [-0.39, 0.29) is 19.0 Å². The highest BCUT2D eigenvalue weighted by atomic mass is 16.5. The zero-order valence-electron chi connectivity index (χ0n) is 11.2. The minimum atomic E-state index is -0.654. The summed E-state index contributed by atoms with van der Waals surface area (Å²) in [5.41, 5.74) is 0. The molecule has 1 rings (SSSR count). The molecule has 0 aromatic carbocycles. The molecule has 1 heterocycles. The fraction of sp³-hybridized carbons (Fsp3) is 0.923. The third-order valence-electron chi connectivity index (χ3n) is 3.35. The van der Waals surface area contributed by atoms with Crippen LogP contribution in [-0.2, 0) is 9.53 Å². The Morgan fingerprint density at radius 2 is 2.33 bits per heavy atom. The first-order chi connectivity index (χ1) is 8.67. The lowest BCUT2D eigenvalue weighted by atomic mass is 10.1. The molecule has 5 heteroatoms. The fourth-order valence-corrected chi connectivity index (χ4v) is 2.54. The Kier molecular flexibility index (Phi) is 7.23. The van der Waals surface area contributed by atoms with Gasteiger partial charge in [0.2, 0.25) is 0 Å². The molecule has 0 amide bonds. The predicted octanol–water partition coefficient (Wildman–Crippen LogP) is 0.537. The lowest BCUT2D eigenvalue weighted by molar-refractivity contribution is -0.145. The number of ether oxygens (including phenoxy) is 1. The molecule has 1 aliphatic heterocycles. The van der Waals surface area contributed by atoms with Crippen LogP contribution < -0.4 is 0 Å². The summed E-state index contributed by atoms with van der Waals surface area (Å²) in [5, 5.41) is 18.7. The van der Waals surface area contributed by atoms with E-state index in [1.807, 2.05) is 0 Å². The second-order valence-electron chi connectivity index (χ2n) is 4.82. The summed E-state index contributed by atoms with van der Waals surface area (Å²) in [6, 6.07) is 0.439. The molecule has 0 saturated carbocycles. The standard InChI is InChI=1S/C13H25NO4/c1-2-18-13(17)9-12(16)10-14-7-3-5-11(14)6-4-8-15/h11-12,15-16H,2-10H2,1H3. The van der Waals surface area contributed by atoms with Gasteiger partial charge in [-0.2, -0.15) is 0 Å². The Balaban J connectivity index is 2.29. The molecular formula is C13H25NO4. The number of likely N-dealkylation sites (tertiary alicyclic amines) is 1. The molecule has 0 aromatic rings. The van der Waals surface area contributed by atoms with Gasteiger partial charge in [0.15, 0.2) is 0 Å². The van der Waals surface area contributed by atoms with Crippen molar-refractivity contribution < 1.29 is 19.7 Å². The van der Waals surface area contributed by atoms with E-state index in [2.05, 4.69) is 4.90 Å². The van der Waals surface area contributed by atoms with Crippen LogP contribution >= 0.6 is 0 Å². The Labute approximate surface area is 109 Å². The average Bonchev–Trinajstić information content (AvgIpc) is 2.73. The highest BCUT2D eigenvalue weighted by Gasteiger charge is 2.26. The van der Waals surface area contributed by atoms with Gasteiger partial charge in [0.25, 0.3) is 0 Å². The monoisotopic (exact) mass is 259 g/mol. The first kappa shape index (κ1) is 15.4. The molecule has 2 atom stereocenters. The molecule has 1 saturated heterocycles. The number of nitrogens with zero attached hydrogens (tertiary/aromatic N) is 1. The van der Waals surface area contributed by atoms with E-state index in [4.69, 9.17) is 9.84 Å². The molecule has 1 aliphatic rings. The van der Waals surface area contributed by atoms with E-state index in [1.165, 1.54) is 0 Å². The topological polar surface area (TPSA) is 70.0 Å². The number of esters is 1. The van der Waals surface area contributed by atoms with Crippen molar-refractivity contribution >= 4 is 5.97 Å². The maximum absolute atomic E-state index is 11.2. The van der Waals surface area contributed by atoms with Crippen molar-refractivity contribution in [3.05, 3.63) is 0 Å². The SMILES string of the molecule is CCOC(=O)CC(O)CN1CCCC1CCCO. The van der Waals surface area contributed by atoms with Crippen molar-refractivity contribution in [1.29, 1.82) is 0 Å². The van der Waals surface area contributed by atoms with Gasteiger partial charge in [0.1, 0.15) is 0 Å². The van der Waals surface area contributed by atoms with Gasteiger partial charge < -0.3 is 14.9 Å². The molecule has 2 unspecified atom stereocenters. The Morgan fingerprint density at radius 1 is 1.56 bits per heavy atom. The lowest BCUT2D eigenvalue weighted by Gasteiger charge is -2.26. The Hall–Kier alpha value is -0.650. The highest BCUT2D eigenvalue weighted by Crippen LogP contribution is 2.21. The van der Waals surface area contributed by atoms with Crippen molar-refractivity contribution in [3.8, 4) is 0 Å². The summed E-state index contributed by atoms with van der Waals surface area (Å²) in [6.45, 7) is 3.82. The molecule has 0 bridgehead atoms. The van der Waals surface area contributed by atoms with Crippen LogP contribution in [0.4, 0.5) is 0 Å². The van der Waals surface area contributed by atoms with Crippen LogP contribution in [0, 0.1) is 0 Å². The molecule has 0 aromatic heterocycles. The molecule has 5 nitrogen and oxygen atoms in total. The maximum atomic E-state index is 11.2. The minimum absolute atomic E-state index is 0.0665. The van der Waals surface area contributed by atoms with Crippen molar-refractivity contribution in [1.82, 2.24) is 4.90 Å². The van der Waals surface area contributed by atoms with Crippen LogP contribution in [0.1, 0.15) is 39.0 Å². The van der Waals surface area contributed by atoms with Gasteiger partial charge in [-0.25, -0.2) is 0 Å². The van der Waals surface area contributed by atoms with Crippen LogP contribution in [0.25, 0.3) is 0 Å². The highest BCUT2D eigenvalue weighted by molar-refractivity contribution is 5.69. The molecule has 2 N–H and O–H groups in total. The number of carbonyl (C=O) groups excluding carboxylic acids is 1. The summed E-state index contributed by atoms with van der Waals surface area (Å²) in [4.78, 5) is 13.5. The lowest BCUT2D eigenvalue weighted by Crippen LogP contribution is -2.37. The molecule has 0 aliphatic carbocycles. The second-order valence-corrected chi connectivity index (χ2v) is 4.82. The average molecular weight is 259 g/mol. The van der Waals surface area contributed by atoms with E-state index in [9.17, 15) is 9.90 Å². The number of carbonyl (C=O) groups is 1. The zero-order chi connectivity index (χ0) is 13.4. The van der Waals surface area contributed by atoms with Crippen LogP contribution in [0.5, 0.6) is 0 Å². The molecule has 0 spiro atoms. The third kappa shape index (κ3) is 5.33.